The van der Waals surface area contributed by atoms with Crippen LogP contribution in [-0.4, -0.2) is 57.4 Å². The first-order valence-corrected chi connectivity index (χ1v) is 10.9. The Labute approximate surface area is 188 Å². The molecule has 170 valence electrons. The van der Waals surface area contributed by atoms with Crippen molar-refractivity contribution in [3.63, 3.8) is 0 Å². The van der Waals surface area contributed by atoms with E-state index in [1.807, 2.05) is 6.20 Å². The number of nitrogens with zero attached hydrogens (tertiary/aromatic N) is 2. The smallest absolute Gasteiger partial charge is 0.252 e. The third-order valence-electron chi connectivity index (χ3n) is 6.23. The summed E-state index contributed by atoms with van der Waals surface area (Å²) in [6.45, 7) is 1.62. The number of H-pyrrole nitrogens is 2. The number of hydrogen-bond donors (Lipinski definition) is 5. The van der Waals surface area contributed by atoms with Crippen molar-refractivity contribution >= 4 is 33.8 Å². The predicted octanol–water partition coefficient (Wildman–Crippen LogP) is 1.79. The number of hydrogen-bond acceptors (Lipinski definition) is 5. The number of nitrogens with one attached hydrogen (secondary N) is 5. The lowest BCUT2D eigenvalue weighted by Gasteiger charge is -2.37. The Morgan fingerprint density at radius 1 is 1.06 bits per heavy atom. The van der Waals surface area contributed by atoms with Gasteiger partial charge in [0.25, 0.3) is 5.91 Å². The van der Waals surface area contributed by atoms with Crippen molar-refractivity contribution in [3.05, 3.63) is 59.5 Å². The second-order valence-corrected chi connectivity index (χ2v) is 8.32. The fraction of sp³-hybridized carbons (Fsp3) is 0.304. The van der Waals surface area contributed by atoms with Crippen LogP contribution in [0.4, 0.5) is 4.39 Å². The van der Waals surface area contributed by atoms with Crippen LogP contribution in [-0.2, 0) is 11.2 Å². The average molecular weight is 449 g/mol. The normalized spacial score (nSPS) is 15.5. The van der Waals surface area contributed by atoms with Crippen molar-refractivity contribution in [1.29, 1.82) is 0 Å². The monoisotopic (exact) mass is 449 g/mol. The van der Waals surface area contributed by atoms with Crippen LogP contribution >= 0.6 is 0 Å². The summed E-state index contributed by atoms with van der Waals surface area (Å²) >= 11 is 0. The van der Waals surface area contributed by atoms with E-state index in [4.69, 9.17) is 0 Å². The molecule has 1 aliphatic heterocycles. The zero-order chi connectivity index (χ0) is 22.8. The zero-order valence-corrected chi connectivity index (χ0v) is 17.9. The van der Waals surface area contributed by atoms with E-state index in [9.17, 15) is 14.0 Å². The van der Waals surface area contributed by atoms with Crippen LogP contribution in [0.5, 0.6) is 0 Å². The molecule has 3 heterocycles. The molecule has 0 radical (unpaired) electrons. The minimum absolute atomic E-state index is 0.217. The highest BCUT2D eigenvalue weighted by Gasteiger charge is 2.41. The number of aromatic amines is 2. The quantitative estimate of drug-likeness (QED) is 0.307. The highest BCUT2D eigenvalue weighted by molar-refractivity contribution is 6.01. The van der Waals surface area contributed by atoms with E-state index >= 15 is 0 Å². The van der Waals surface area contributed by atoms with Gasteiger partial charge in [-0.1, -0.05) is 0 Å². The van der Waals surface area contributed by atoms with E-state index in [2.05, 4.69) is 36.3 Å². The largest absolute Gasteiger partial charge is 0.361 e. The molecule has 5 rings (SSSR count). The van der Waals surface area contributed by atoms with Gasteiger partial charge in [0.05, 0.1) is 0 Å². The summed E-state index contributed by atoms with van der Waals surface area (Å²) in [4.78, 5) is 29.4. The Balaban J connectivity index is 1.28. The molecular weight excluding hydrogens is 425 g/mol. The van der Waals surface area contributed by atoms with E-state index in [0.717, 1.165) is 16.5 Å². The van der Waals surface area contributed by atoms with Gasteiger partial charge in [-0.15, -0.1) is 0 Å². The van der Waals surface area contributed by atoms with Gasteiger partial charge in [-0.3, -0.25) is 9.59 Å². The van der Waals surface area contributed by atoms with Gasteiger partial charge in [0.2, 0.25) is 5.91 Å². The number of amides is 2. The molecule has 0 aliphatic carbocycles. The topological polar surface area (TPSA) is 128 Å². The predicted molar refractivity (Wildman–Crippen MR) is 121 cm³/mol. The van der Waals surface area contributed by atoms with E-state index in [1.165, 1.54) is 12.1 Å². The summed E-state index contributed by atoms with van der Waals surface area (Å²) in [7, 11) is 0. The highest BCUT2D eigenvalue weighted by Crippen LogP contribution is 2.22. The molecule has 1 saturated heterocycles. The van der Waals surface area contributed by atoms with Gasteiger partial charge in [0.15, 0.2) is 0 Å². The van der Waals surface area contributed by atoms with E-state index in [-0.39, 0.29) is 17.6 Å². The van der Waals surface area contributed by atoms with Gasteiger partial charge in [-0.05, 0) is 74.3 Å². The molecule has 10 heteroatoms. The second-order valence-electron chi connectivity index (χ2n) is 8.32. The molecule has 0 spiro atoms. The first-order chi connectivity index (χ1) is 16.0. The average Bonchev–Trinajstić information content (AvgIpc) is 3.46. The second kappa shape index (κ2) is 8.62. The highest BCUT2D eigenvalue weighted by atomic mass is 19.1. The fourth-order valence-electron chi connectivity index (χ4n) is 4.37. The molecule has 5 N–H and O–H groups in total. The Hall–Kier alpha value is -3.79. The van der Waals surface area contributed by atoms with Crippen molar-refractivity contribution in [2.75, 3.05) is 19.6 Å². The SMILES string of the molecule is O=C(NC1(C(=O)NCCc2c[nH]c3ccc(F)cc23)CCNCC1)c1ccc2n[nH]nc2c1. The van der Waals surface area contributed by atoms with Crippen LogP contribution in [0.15, 0.2) is 42.6 Å². The van der Waals surface area contributed by atoms with Crippen molar-refractivity contribution in [2.45, 2.75) is 24.8 Å². The Morgan fingerprint density at radius 3 is 2.73 bits per heavy atom. The Bertz CT molecular complexity index is 1320. The number of halogens is 1. The van der Waals surface area contributed by atoms with Gasteiger partial charge in [0, 0.05) is 29.2 Å². The van der Waals surface area contributed by atoms with Crippen LogP contribution in [0, 0.1) is 5.82 Å². The summed E-state index contributed by atoms with van der Waals surface area (Å²) < 4.78 is 13.6. The third kappa shape index (κ3) is 4.17. The van der Waals surface area contributed by atoms with E-state index in [0.29, 0.717) is 55.5 Å². The molecule has 9 nitrogen and oxygen atoms in total. The number of carbonyl (C=O) groups is 2. The maximum atomic E-state index is 13.6. The van der Waals surface area contributed by atoms with Gasteiger partial charge >= 0.3 is 0 Å². The number of aromatic nitrogens is 4. The molecule has 1 aliphatic rings. The lowest BCUT2D eigenvalue weighted by atomic mass is 9.86. The molecule has 0 saturated carbocycles. The molecule has 2 aromatic heterocycles. The van der Waals surface area contributed by atoms with Gasteiger partial charge in [0.1, 0.15) is 22.4 Å². The van der Waals surface area contributed by atoms with Gasteiger partial charge in [-0.25, -0.2) is 4.39 Å². The molecule has 4 aromatic rings. The Morgan fingerprint density at radius 2 is 1.88 bits per heavy atom. The standard InChI is InChI=1S/C23H24FN7O2/c24-16-2-4-18-17(12-16)15(13-27-18)5-8-26-22(33)23(6-9-25-10-7-23)28-21(32)14-1-3-19-20(11-14)30-31-29-19/h1-4,11-13,25,27H,5-10H2,(H,26,33)(H,28,32)(H,29,30,31). The number of rotatable bonds is 6. The van der Waals surface area contributed by atoms with Crippen molar-refractivity contribution < 1.29 is 14.0 Å². The summed E-state index contributed by atoms with van der Waals surface area (Å²) in [5.41, 5.74) is 2.44. The van der Waals surface area contributed by atoms with Crippen LogP contribution in [0.25, 0.3) is 21.9 Å². The summed E-state index contributed by atoms with van der Waals surface area (Å²) in [5.74, 6) is -0.845. The van der Waals surface area contributed by atoms with Crippen molar-refractivity contribution in [1.82, 2.24) is 36.3 Å². The molecule has 0 bridgehead atoms. The summed E-state index contributed by atoms with van der Waals surface area (Å²) in [5, 5.41) is 20.5. The zero-order valence-electron chi connectivity index (χ0n) is 17.9. The molecule has 2 amide bonds. The molecule has 1 fully saturated rings. The molecular formula is C23H24FN7O2. The van der Waals surface area contributed by atoms with Crippen LogP contribution < -0.4 is 16.0 Å². The van der Waals surface area contributed by atoms with Crippen LogP contribution in [0.3, 0.4) is 0 Å². The molecule has 0 atom stereocenters. The molecule has 2 aromatic carbocycles. The lowest BCUT2D eigenvalue weighted by Crippen LogP contribution is -2.63. The lowest BCUT2D eigenvalue weighted by molar-refractivity contribution is -0.128. The molecule has 33 heavy (non-hydrogen) atoms. The first kappa shape index (κ1) is 21.1. The fourth-order valence-corrected chi connectivity index (χ4v) is 4.37. The van der Waals surface area contributed by atoms with E-state index < -0.39 is 5.54 Å². The van der Waals surface area contributed by atoms with Crippen molar-refractivity contribution in [2.24, 2.45) is 0 Å². The number of fused-ring (bicyclic) bond motifs is 2. The minimum atomic E-state index is -1.01. The maximum absolute atomic E-state index is 13.6. The first-order valence-electron chi connectivity index (χ1n) is 10.9. The van der Waals surface area contributed by atoms with Gasteiger partial charge < -0.3 is 20.9 Å². The number of benzene rings is 2. The van der Waals surface area contributed by atoms with Crippen LogP contribution in [0.1, 0.15) is 28.8 Å². The number of piperidine rings is 1. The Kier molecular flexibility index (Phi) is 5.51. The molecule has 0 unspecified atom stereocenters. The summed E-state index contributed by atoms with van der Waals surface area (Å²) in [6, 6.07) is 9.63. The number of carbonyl (C=O) groups excluding carboxylic acids is 2. The van der Waals surface area contributed by atoms with Crippen LogP contribution in [0.2, 0.25) is 0 Å². The van der Waals surface area contributed by atoms with Gasteiger partial charge in [-0.2, -0.15) is 15.4 Å². The minimum Gasteiger partial charge on any atom is -0.361 e. The third-order valence-corrected chi connectivity index (χ3v) is 6.23. The van der Waals surface area contributed by atoms with Crippen molar-refractivity contribution in [3.8, 4) is 0 Å². The summed E-state index contributed by atoms with van der Waals surface area (Å²) in [6.07, 6.45) is 3.34. The maximum Gasteiger partial charge on any atom is 0.252 e. The van der Waals surface area contributed by atoms with E-state index in [1.54, 1.807) is 24.3 Å².